The Morgan fingerprint density at radius 2 is 1.54 bits per heavy atom. The molecule has 0 atom stereocenters. The van der Waals surface area contributed by atoms with Crippen LogP contribution in [-0.4, -0.2) is 130 Å². The highest BCUT2D eigenvalue weighted by atomic mass is 19.1. The Balaban J connectivity index is 0.00000100. The van der Waals surface area contributed by atoms with Crippen molar-refractivity contribution in [2.24, 2.45) is 5.73 Å². The number of pyridine rings is 1. The summed E-state index contributed by atoms with van der Waals surface area (Å²) in [6.45, 7) is 0. The molecule has 5 heterocycles. The van der Waals surface area contributed by atoms with Crippen LogP contribution in [0.15, 0.2) is 41.6 Å². The molecule has 1 fully saturated rings. The van der Waals surface area contributed by atoms with Gasteiger partial charge in [0, 0.05) is 23.2 Å². The van der Waals surface area contributed by atoms with Crippen LogP contribution in [0.1, 0.15) is 31.7 Å². The predicted octanol–water partition coefficient (Wildman–Crippen LogP) is -4.48. The number of rotatable bonds is 8. The van der Waals surface area contributed by atoms with Gasteiger partial charge >= 0.3 is 41.6 Å². The molecule has 0 unspecified atom stereocenters. The van der Waals surface area contributed by atoms with Gasteiger partial charge in [-0.2, -0.15) is 14.2 Å². The number of aromatic nitrogens is 8. The number of imidazole rings is 1. The summed E-state index contributed by atoms with van der Waals surface area (Å²) in [7, 11) is 1.22. The van der Waals surface area contributed by atoms with Crippen LogP contribution in [0.4, 0.5) is 9.18 Å². The van der Waals surface area contributed by atoms with Gasteiger partial charge in [0.15, 0.2) is 0 Å². The standard InChI is InChI=1S/C28H29FN8O14.C2H5NO2/c29-21-14(10-34(33-21)24(39,25(40,41)42)26(43,44)45)19-17(11-5-6-15-12(7-11)8-31-37(15)28(49,50)51)18-20-16(9-30-22(18)32-19)36(27(46,47)48)23(38)35(20)13-3-1-2-4-13;1-5-2(3)4/h5-10,13,39-51H,1-4H2,(H,30,32);1H3,(H2,3,4). The van der Waals surface area contributed by atoms with Gasteiger partial charge in [0.25, 0.3) is 0 Å². The van der Waals surface area contributed by atoms with Crippen molar-refractivity contribution in [3.8, 4) is 22.4 Å². The van der Waals surface area contributed by atoms with Crippen molar-refractivity contribution < 1.29 is 80.3 Å². The molecule has 7 rings (SSSR count). The fraction of sp³-hybridized carbons (Fsp3) is 0.367. The lowest BCUT2D eigenvalue weighted by Gasteiger charge is -2.39. The second-order valence-electron chi connectivity index (χ2n) is 12.8. The average Bonchev–Trinajstić information content (AvgIpc) is 3.90. The maximum atomic E-state index is 15.8. The fourth-order valence-electron chi connectivity index (χ4n) is 6.77. The van der Waals surface area contributed by atoms with Gasteiger partial charge in [-0.3, -0.25) is 4.57 Å². The van der Waals surface area contributed by atoms with Crippen LogP contribution < -0.4 is 11.4 Å². The van der Waals surface area contributed by atoms with Crippen LogP contribution in [0.2, 0.25) is 0 Å². The van der Waals surface area contributed by atoms with Gasteiger partial charge in [0.1, 0.15) is 5.65 Å². The van der Waals surface area contributed by atoms with E-state index in [1.54, 1.807) is 0 Å². The van der Waals surface area contributed by atoms with Crippen molar-refractivity contribution in [1.29, 1.82) is 0 Å². The predicted molar refractivity (Wildman–Crippen MR) is 178 cm³/mol. The number of ether oxygens (including phenoxy) is 1. The summed E-state index contributed by atoms with van der Waals surface area (Å²) in [4.78, 5) is 30.2. The number of aliphatic hydroxyl groups is 13. The maximum Gasteiger partial charge on any atom is 0.404 e. The lowest BCUT2D eigenvalue weighted by Crippen LogP contribution is -2.69. The number of benzene rings is 1. The molecule has 0 radical (unpaired) electrons. The van der Waals surface area contributed by atoms with Gasteiger partial charge in [-0.25, -0.2) is 23.8 Å². The SMILES string of the molecule is COC(N)=O.O=c1n(C2CCCC2)c2c3c(-c4ccc5c(cnn5C(O)(O)O)c4)c(-c4cn(C(O)(C(O)(O)O)C(O)(O)O)nc4F)[nH]c3ncc2n1C(O)(O)O. The molecule has 1 aliphatic rings. The summed E-state index contributed by atoms with van der Waals surface area (Å²) in [5, 5.41) is 136. The first-order valence-electron chi connectivity index (χ1n) is 16.0. The van der Waals surface area contributed by atoms with Gasteiger partial charge < -0.3 is 81.8 Å². The van der Waals surface area contributed by atoms with E-state index in [-0.39, 0.29) is 59.0 Å². The highest BCUT2D eigenvalue weighted by molar-refractivity contribution is 6.14. The molecule has 1 aliphatic carbocycles. The quantitative estimate of drug-likeness (QED) is 0.0646. The molecule has 6 aromatic rings. The van der Waals surface area contributed by atoms with Crippen molar-refractivity contribution in [2.45, 2.75) is 61.6 Å². The van der Waals surface area contributed by atoms with E-state index < -0.39 is 59.2 Å². The molecule has 0 bridgehead atoms. The number of carbonyl (C=O) groups excluding carboxylic acids is 1. The van der Waals surface area contributed by atoms with E-state index in [9.17, 15) is 76.0 Å². The third-order valence-corrected chi connectivity index (χ3v) is 9.19. The van der Waals surface area contributed by atoms with E-state index >= 15 is 4.39 Å². The number of primary amides is 1. The molecule has 0 saturated heterocycles. The van der Waals surface area contributed by atoms with Gasteiger partial charge in [-0.05, 0) is 30.5 Å². The number of nitrogens with two attached hydrogens (primary N) is 1. The normalized spacial score (nSPS) is 14.9. The molecule has 1 saturated carbocycles. The number of hydrogen-bond donors (Lipinski definition) is 15. The Morgan fingerprint density at radius 3 is 2.07 bits per heavy atom. The minimum atomic E-state index is -4.57. The third-order valence-electron chi connectivity index (χ3n) is 9.19. The van der Waals surface area contributed by atoms with Crippen molar-refractivity contribution in [2.75, 3.05) is 7.11 Å². The van der Waals surface area contributed by atoms with E-state index in [1.165, 1.54) is 29.9 Å². The van der Waals surface area contributed by atoms with E-state index in [1.807, 2.05) is 0 Å². The first-order chi connectivity index (χ1) is 25.8. The van der Waals surface area contributed by atoms with Crippen LogP contribution >= 0.6 is 0 Å². The van der Waals surface area contributed by atoms with E-state index in [0.29, 0.717) is 36.6 Å². The van der Waals surface area contributed by atoms with Gasteiger partial charge in [0.05, 0.1) is 52.7 Å². The smallest absolute Gasteiger partial charge is 0.404 e. The van der Waals surface area contributed by atoms with Gasteiger partial charge in [0.2, 0.25) is 5.95 Å². The molecule has 16 N–H and O–H groups in total. The summed E-state index contributed by atoms with van der Waals surface area (Å²) in [6.07, 6.45) is -3.05. The third kappa shape index (κ3) is 6.44. The van der Waals surface area contributed by atoms with Crippen molar-refractivity contribution in [3.05, 3.63) is 53.2 Å². The van der Waals surface area contributed by atoms with Crippen molar-refractivity contribution in [1.82, 2.24) is 38.7 Å². The molecule has 56 heavy (non-hydrogen) atoms. The number of nitrogens with one attached hydrogen (secondary N) is 1. The Bertz CT molecular complexity index is 2510. The average molecular weight is 796 g/mol. The number of methoxy groups -OCH3 is 1. The Hall–Kier alpha value is -5.46. The Kier molecular flexibility index (Phi) is 9.58. The highest BCUT2D eigenvalue weighted by Crippen LogP contribution is 2.45. The molecule has 25 nitrogen and oxygen atoms in total. The summed E-state index contributed by atoms with van der Waals surface area (Å²) < 4.78 is 21.4. The molecule has 26 heteroatoms. The number of fused-ring (bicyclic) bond motifs is 4. The van der Waals surface area contributed by atoms with Crippen LogP contribution in [0.3, 0.4) is 0 Å². The zero-order chi connectivity index (χ0) is 41.5. The van der Waals surface area contributed by atoms with Crippen LogP contribution in [0, 0.1) is 5.95 Å². The van der Waals surface area contributed by atoms with Crippen LogP contribution in [0.25, 0.3) is 55.4 Å². The Labute approximate surface area is 308 Å². The van der Waals surface area contributed by atoms with E-state index in [2.05, 4.69) is 30.6 Å². The minimum absolute atomic E-state index is 0.0221. The summed E-state index contributed by atoms with van der Waals surface area (Å²) >= 11 is 0. The number of H-pyrrole nitrogens is 1. The molecule has 1 aromatic carbocycles. The lowest BCUT2D eigenvalue weighted by molar-refractivity contribution is -0.525. The summed E-state index contributed by atoms with van der Waals surface area (Å²) in [6, 6.07) is 3.40. The first-order valence-corrected chi connectivity index (χ1v) is 16.0. The monoisotopic (exact) mass is 795 g/mol. The number of hydrogen-bond acceptors (Lipinski definition) is 19. The summed E-state index contributed by atoms with van der Waals surface area (Å²) in [5.41, 5.74) is -2.54. The molecule has 302 valence electrons. The zero-order valence-corrected chi connectivity index (χ0v) is 28.5. The first kappa shape index (κ1) is 40.2. The number of aromatic amines is 1. The largest absolute Gasteiger partial charge is 0.453 e. The molecule has 5 aromatic heterocycles. The number of carbonyl (C=O) groups is 1. The number of halogens is 1. The molecule has 0 aliphatic heterocycles. The minimum Gasteiger partial charge on any atom is -0.453 e. The van der Waals surface area contributed by atoms with E-state index in [4.69, 9.17) is 0 Å². The Morgan fingerprint density at radius 1 is 0.929 bits per heavy atom. The fourth-order valence-corrected chi connectivity index (χ4v) is 6.77. The zero-order valence-electron chi connectivity index (χ0n) is 28.5. The van der Waals surface area contributed by atoms with Crippen molar-refractivity contribution in [3.63, 3.8) is 0 Å². The van der Waals surface area contributed by atoms with Crippen LogP contribution in [-0.2, 0) is 22.7 Å². The number of amides is 1. The molecular formula is C30H34FN9O16. The molecule has 0 spiro atoms. The van der Waals surface area contributed by atoms with E-state index in [0.717, 1.165) is 12.4 Å². The van der Waals surface area contributed by atoms with Crippen molar-refractivity contribution >= 4 is 39.1 Å². The lowest BCUT2D eigenvalue weighted by atomic mass is 9.98. The second-order valence-corrected chi connectivity index (χ2v) is 12.8. The highest BCUT2D eigenvalue weighted by Gasteiger charge is 2.65. The second kappa shape index (κ2) is 13.3. The number of nitrogens with zero attached hydrogens (tertiary/aromatic N) is 7. The summed E-state index contributed by atoms with van der Waals surface area (Å²) in [5.74, 6) is -10.7. The molecule has 1 amide bonds. The van der Waals surface area contributed by atoms with Gasteiger partial charge in [-0.15, -0.1) is 5.10 Å². The topological polar surface area (TPSA) is 407 Å². The van der Waals surface area contributed by atoms with Crippen LogP contribution in [0.5, 0.6) is 0 Å². The van der Waals surface area contributed by atoms with Gasteiger partial charge in [-0.1, -0.05) is 18.9 Å². The molecular weight excluding hydrogens is 761 g/mol. The maximum absolute atomic E-state index is 15.8.